The van der Waals surface area contributed by atoms with Gasteiger partial charge in [0.1, 0.15) is 5.69 Å². The standard InChI is InChI=1S/C20H12F6N2O/c1-11-10-27-18(12-5-7-14(8-6-12)19(21,22)23)28-16(11)17(29)13-3-2-4-15(9-13)20(24,25)26/h2-10H,1H3. The lowest BCUT2D eigenvalue weighted by atomic mass is 10.0. The zero-order chi connectivity index (χ0) is 21.4. The van der Waals surface area contributed by atoms with E-state index >= 15 is 0 Å². The Balaban J connectivity index is 1.99. The van der Waals surface area contributed by atoms with Gasteiger partial charge in [-0.15, -0.1) is 0 Å². The number of benzene rings is 2. The summed E-state index contributed by atoms with van der Waals surface area (Å²) in [5, 5.41) is 0. The largest absolute Gasteiger partial charge is 0.416 e. The quantitative estimate of drug-likeness (QED) is 0.410. The first-order valence-corrected chi connectivity index (χ1v) is 8.20. The van der Waals surface area contributed by atoms with Crippen molar-refractivity contribution in [3.05, 3.63) is 82.7 Å². The van der Waals surface area contributed by atoms with Gasteiger partial charge in [0.15, 0.2) is 5.82 Å². The molecule has 0 bridgehead atoms. The van der Waals surface area contributed by atoms with Crippen LogP contribution in [0.25, 0.3) is 11.4 Å². The highest BCUT2D eigenvalue weighted by Gasteiger charge is 2.32. The molecule has 2 aromatic carbocycles. The predicted molar refractivity (Wildman–Crippen MR) is 92.1 cm³/mol. The molecule has 0 atom stereocenters. The van der Waals surface area contributed by atoms with Crippen molar-refractivity contribution in [1.29, 1.82) is 0 Å². The van der Waals surface area contributed by atoms with Gasteiger partial charge in [-0.2, -0.15) is 26.3 Å². The van der Waals surface area contributed by atoms with Gasteiger partial charge in [-0.1, -0.05) is 24.3 Å². The van der Waals surface area contributed by atoms with Crippen LogP contribution in [0.3, 0.4) is 0 Å². The Morgan fingerprint density at radius 2 is 1.48 bits per heavy atom. The van der Waals surface area contributed by atoms with E-state index in [4.69, 9.17) is 0 Å². The van der Waals surface area contributed by atoms with Gasteiger partial charge in [-0.3, -0.25) is 4.79 Å². The summed E-state index contributed by atoms with van der Waals surface area (Å²) in [6, 6.07) is 7.94. The number of hydrogen-bond donors (Lipinski definition) is 0. The van der Waals surface area contributed by atoms with Gasteiger partial charge in [-0.25, -0.2) is 9.97 Å². The normalized spacial score (nSPS) is 12.1. The number of rotatable bonds is 3. The molecular formula is C20H12F6N2O. The van der Waals surface area contributed by atoms with Crippen molar-refractivity contribution in [3.63, 3.8) is 0 Å². The van der Waals surface area contributed by atoms with Gasteiger partial charge < -0.3 is 0 Å². The van der Waals surface area contributed by atoms with Crippen LogP contribution in [0.4, 0.5) is 26.3 Å². The van der Waals surface area contributed by atoms with Crippen LogP contribution in [-0.4, -0.2) is 15.8 Å². The fraction of sp³-hybridized carbons (Fsp3) is 0.150. The number of hydrogen-bond acceptors (Lipinski definition) is 3. The third-order valence-corrected chi connectivity index (χ3v) is 4.11. The van der Waals surface area contributed by atoms with E-state index in [2.05, 4.69) is 9.97 Å². The summed E-state index contributed by atoms with van der Waals surface area (Å²) in [6.45, 7) is 1.51. The summed E-state index contributed by atoms with van der Waals surface area (Å²) < 4.78 is 76.8. The van der Waals surface area contributed by atoms with Crippen molar-refractivity contribution in [2.75, 3.05) is 0 Å². The SMILES string of the molecule is Cc1cnc(-c2ccc(C(F)(F)F)cc2)nc1C(=O)c1cccc(C(F)(F)F)c1. The van der Waals surface area contributed by atoms with Gasteiger partial charge in [0.2, 0.25) is 5.78 Å². The zero-order valence-corrected chi connectivity index (χ0v) is 14.8. The second-order valence-electron chi connectivity index (χ2n) is 6.21. The highest BCUT2D eigenvalue weighted by Crippen LogP contribution is 2.31. The molecule has 0 spiro atoms. The zero-order valence-electron chi connectivity index (χ0n) is 14.8. The number of carbonyl (C=O) groups is 1. The van der Waals surface area contributed by atoms with Crippen molar-refractivity contribution >= 4 is 5.78 Å². The van der Waals surface area contributed by atoms with Gasteiger partial charge in [-0.05, 0) is 36.8 Å². The summed E-state index contributed by atoms with van der Waals surface area (Å²) >= 11 is 0. The van der Waals surface area contributed by atoms with Gasteiger partial charge in [0.05, 0.1) is 11.1 Å². The van der Waals surface area contributed by atoms with E-state index in [1.54, 1.807) is 0 Å². The third kappa shape index (κ3) is 4.44. The number of halogens is 6. The molecule has 1 heterocycles. The fourth-order valence-electron chi connectivity index (χ4n) is 2.59. The first kappa shape index (κ1) is 20.5. The van der Waals surface area contributed by atoms with Gasteiger partial charge in [0, 0.05) is 17.3 Å². The molecule has 0 amide bonds. The van der Waals surface area contributed by atoms with Crippen LogP contribution < -0.4 is 0 Å². The molecule has 9 heteroatoms. The minimum atomic E-state index is -4.61. The molecule has 0 radical (unpaired) electrons. The highest BCUT2D eigenvalue weighted by molar-refractivity contribution is 6.08. The average Bonchev–Trinajstić information content (AvgIpc) is 2.67. The van der Waals surface area contributed by atoms with Gasteiger partial charge >= 0.3 is 12.4 Å². The van der Waals surface area contributed by atoms with Crippen molar-refractivity contribution in [3.8, 4) is 11.4 Å². The Labute approximate surface area is 161 Å². The molecule has 0 aliphatic heterocycles. The fourth-order valence-corrected chi connectivity index (χ4v) is 2.59. The molecule has 3 aromatic rings. The minimum Gasteiger partial charge on any atom is -0.287 e. The van der Waals surface area contributed by atoms with Crippen molar-refractivity contribution < 1.29 is 31.1 Å². The van der Waals surface area contributed by atoms with Crippen LogP contribution in [0.15, 0.2) is 54.7 Å². The van der Waals surface area contributed by atoms with E-state index < -0.39 is 29.3 Å². The highest BCUT2D eigenvalue weighted by atomic mass is 19.4. The summed E-state index contributed by atoms with van der Waals surface area (Å²) in [5.41, 5.74) is -1.61. The molecular weight excluding hydrogens is 398 g/mol. The maximum Gasteiger partial charge on any atom is 0.416 e. The summed E-state index contributed by atoms with van der Waals surface area (Å²) in [5.74, 6) is -0.760. The summed E-state index contributed by atoms with van der Waals surface area (Å²) in [4.78, 5) is 20.8. The number of nitrogens with zero attached hydrogens (tertiary/aromatic N) is 2. The Kier molecular flexibility index (Phi) is 5.16. The molecule has 0 saturated heterocycles. The first-order valence-electron chi connectivity index (χ1n) is 8.20. The van der Waals surface area contributed by atoms with Crippen LogP contribution in [0.1, 0.15) is 32.7 Å². The third-order valence-electron chi connectivity index (χ3n) is 4.11. The van der Waals surface area contributed by atoms with E-state index in [0.29, 0.717) is 5.56 Å². The van der Waals surface area contributed by atoms with Crippen LogP contribution in [0, 0.1) is 6.92 Å². The first-order chi connectivity index (χ1) is 13.5. The monoisotopic (exact) mass is 410 g/mol. The van der Waals surface area contributed by atoms with Crippen LogP contribution >= 0.6 is 0 Å². The smallest absolute Gasteiger partial charge is 0.287 e. The minimum absolute atomic E-state index is 0.0142. The van der Waals surface area contributed by atoms with E-state index in [-0.39, 0.29) is 22.6 Å². The van der Waals surface area contributed by atoms with E-state index in [1.165, 1.54) is 19.2 Å². The Bertz CT molecular complexity index is 1060. The maximum absolute atomic E-state index is 12.9. The Morgan fingerprint density at radius 3 is 2.07 bits per heavy atom. The second-order valence-corrected chi connectivity index (χ2v) is 6.21. The van der Waals surface area contributed by atoms with E-state index in [0.717, 1.165) is 42.5 Å². The molecule has 150 valence electrons. The Morgan fingerprint density at radius 1 is 0.862 bits per heavy atom. The molecule has 29 heavy (non-hydrogen) atoms. The summed E-state index contributed by atoms with van der Waals surface area (Å²) in [7, 11) is 0. The van der Waals surface area contributed by atoms with E-state index in [9.17, 15) is 31.1 Å². The summed E-state index contributed by atoms with van der Waals surface area (Å²) in [6.07, 6.45) is -7.82. The molecule has 0 fully saturated rings. The number of aromatic nitrogens is 2. The number of carbonyl (C=O) groups excluding carboxylic acids is 1. The molecule has 3 rings (SSSR count). The second kappa shape index (κ2) is 7.31. The lowest BCUT2D eigenvalue weighted by molar-refractivity contribution is -0.138. The molecule has 0 N–H and O–H groups in total. The van der Waals surface area contributed by atoms with Crippen LogP contribution in [0.2, 0.25) is 0 Å². The van der Waals surface area contributed by atoms with Crippen molar-refractivity contribution in [2.45, 2.75) is 19.3 Å². The predicted octanol–water partition coefficient (Wildman–Crippen LogP) is 5.72. The molecule has 0 aliphatic rings. The lowest BCUT2D eigenvalue weighted by Crippen LogP contribution is -2.11. The van der Waals surface area contributed by atoms with E-state index in [1.807, 2.05) is 0 Å². The molecule has 0 unspecified atom stereocenters. The number of ketones is 1. The topological polar surface area (TPSA) is 42.9 Å². The molecule has 1 aromatic heterocycles. The maximum atomic E-state index is 12.9. The van der Waals surface area contributed by atoms with Crippen molar-refractivity contribution in [1.82, 2.24) is 9.97 Å². The Hall–Kier alpha value is -3.23. The number of alkyl halides is 6. The molecule has 3 nitrogen and oxygen atoms in total. The van der Waals surface area contributed by atoms with Crippen LogP contribution in [0.5, 0.6) is 0 Å². The molecule has 0 saturated carbocycles. The molecule has 0 aliphatic carbocycles. The average molecular weight is 410 g/mol. The van der Waals surface area contributed by atoms with Crippen molar-refractivity contribution in [2.24, 2.45) is 0 Å². The number of aryl methyl sites for hydroxylation is 1. The lowest BCUT2D eigenvalue weighted by Gasteiger charge is -2.10. The van der Waals surface area contributed by atoms with Gasteiger partial charge in [0.25, 0.3) is 0 Å². The van der Waals surface area contributed by atoms with Crippen LogP contribution in [-0.2, 0) is 12.4 Å².